The first kappa shape index (κ1) is 26.2. The number of rotatable bonds is 12. The van der Waals surface area contributed by atoms with Crippen molar-refractivity contribution in [2.75, 3.05) is 31.6 Å². The molecule has 2 fully saturated rings. The number of anilines is 1. The van der Waals surface area contributed by atoms with Crippen LogP contribution in [0.2, 0.25) is 0 Å². The lowest BCUT2D eigenvalue weighted by molar-refractivity contribution is -0.142. The highest BCUT2D eigenvalue weighted by Gasteiger charge is 2.36. The van der Waals surface area contributed by atoms with Crippen LogP contribution in [0.3, 0.4) is 0 Å². The Balaban J connectivity index is 1.39. The van der Waals surface area contributed by atoms with Crippen LogP contribution in [0.25, 0.3) is 0 Å². The normalized spacial score (nSPS) is 20.9. The van der Waals surface area contributed by atoms with E-state index in [1.807, 2.05) is 6.07 Å². The molecule has 12 nitrogen and oxygen atoms in total. The minimum absolute atomic E-state index is 0.117. The summed E-state index contributed by atoms with van der Waals surface area (Å²) in [4.78, 5) is 52.8. The number of hydrogen-bond acceptors (Lipinski definition) is 7. The van der Waals surface area contributed by atoms with Gasteiger partial charge >= 0.3 is 12.1 Å². The number of nitrogens with one attached hydrogen (secondary N) is 3. The molecule has 2 heterocycles. The number of hydrogen-bond donors (Lipinski definition) is 5. The highest BCUT2D eigenvalue weighted by atomic mass is 16.5. The summed E-state index contributed by atoms with van der Waals surface area (Å²) in [5.74, 6) is -1.20. The molecule has 192 valence electrons. The van der Waals surface area contributed by atoms with E-state index in [2.05, 4.69) is 20.9 Å². The van der Waals surface area contributed by atoms with E-state index >= 15 is 0 Å². The second kappa shape index (κ2) is 12.9. The maximum atomic E-state index is 12.2. The number of ether oxygens (including phenoxy) is 1. The monoisotopic (exact) mass is 491 g/mol. The van der Waals surface area contributed by atoms with Crippen molar-refractivity contribution in [3.8, 4) is 0 Å². The number of carboxylic acids is 1. The van der Waals surface area contributed by atoms with E-state index in [1.165, 1.54) is 4.90 Å². The number of carboxylic acid groups (broad SMARTS) is 2. The minimum Gasteiger partial charge on any atom is -0.480 e. The van der Waals surface area contributed by atoms with E-state index in [4.69, 9.17) is 4.74 Å². The predicted molar refractivity (Wildman–Crippen MR) is 125 cm³/mol. The van der Waals surface area contributed by atoms with Crippen LogP contribution >= 0.6 is 0 Å². The van der Waals surface area contributed by atoms with Crippen molar-refractivity contribution in [1.29, 1.82) is 0 Å². The van der Waals surface area contributed by atoms with E-state index in [0.717, 1.165) is 25.7 Å². The molecule has 3 atom stereocenters. The van der Waals surface area contributed by atoms with Crippen molar-refractivity contribution in [2.45, 2.75) is 56.7 Å². The number of likely N-dealkylation sites (tertiary alicyclic amines) is 1. The zero-order valence-electron chi connectivity index (χ0n) is 19.5. The van der Waals surface area contributed by atoms with Gasteiger partial charge in [-0.2, -0.15) is 0 Å². The summed E-state index contributed by atoms with van der Waals surface area (Å²) in [6.45, 7) is -0.153. The van der Waals surface area contributed by atoms with Gasteiger partial charge in [0.1, 0.15) is 18.5 Å². The molecule has 1 aromatic heterocycles. The fourth-order valence-corrected chi connectivity index (χ4v) is 4.50. The second-order valence-corrected chi connectivity index (χ2v) is 8.97. The number of amides is 3. The molecular weight excluding hydrogens is 458 g/mol. The van der Waals surface area contributed by atoms with Gasteiger partial charge in [0, 0.05) is 25.7 Å². The summed E-state index contributed by atoms with van der Waals surface area (Å²) < 4.78 is 5.59. The highest BCUT2D eigenvalue weighted by Crippen LogP contribution is 2.27. The zero-order valence-corrected chi connectivity index (χ0v) is 19.5. The van der Waals surface area contributed by atoms with E-state index in [9.17, 15) is 29.4 Å². The van der Waals surface area contributed by atoms with Crippen molar-refractivity contribution < 1.29 is 34.1 Å². The van der Waals surface area contributed by atoms with Crippen molar-refractivity contribution >= 4 is 29.7 Å². The fourth-order valence-electron chi connectivity index (χ4n) is 4.50. The van der Waals surface area contributed by atoms with E-state index in [-0.39, 0.29) is 37.6 Å². The molecule has 1 saturated heterocycles. The smallest absolute Gasteiger partial charge is 0.407 e. The number of carbonyl (C=O) groups is 4. The Morgan fingerprint density at radius 3 is 2.57 bits per heavy atom. The summed E-state index contributed by atoms with van der Waals surface area (Å²) in [7, 11) is 0. The molecule has 0 aromatic carbocycles. The van der Waals surface area contributed by atoms with Gasteiger partial charge < -0.3 is 35.8 Å². The van der Waals surface area contributed by atoms with Gasteiger partial charge in [-0.05, 0) is 37.3 Å². The lowest BCUT2D eigenvalue weighted by Gasteiger charge is -2.21. The van der Waals surface area contributed by atoms with Gasteiger partial charge in [-0.15, -0.1) is 0 Å². The van der Waals surface area contributed by atoms with Crippen LogP contribution in [-0.2, 0) is 19.1 Å². The molecule has 1 aromatic rings. The first-order valence-electron chi connectivity index (χ1n) is 11.9. The summed E-state index contributed by atoms with van der Waals surface area (Å²) in [6.07, 6.45) is 4.88. The quantitative estimate of drug-likeness (QED) is 0.285. The van der Waals surface area contributed by atoms with Crippen LogP contribution < -0.4 is 16.0 Å². The van der Waals surface area contributed by atoms with Gasteiger partial charge in [0.25, 0.3) is 0 Å². The van der Waals surface area contributed by atoms with Gasteiger partial charge in [0.05, 0.1) is 18.7 Å². The topological polar surface area (TPSA) is 170 Å². The average Bonchev–Trinajstić information content (AvgIpc) is 3.49. The van der Waals surface area contributed by atoms with Gasteiger partial charge in [-0.25, -0.2) is 14.6 Å². The molecule has 35 heavy (non-hydrogen) atoms. The van der Waals surface area contributed by atoms with E-state index in [1.54, 1.807) is 18.3 Å². The SMILES string of the molecule is O=C(COC1CC(CNc2ccccn2)N(C(=O)O)C1)NCC(NC(=O)CC1CCCC1)C(=O)O. The Morgan fingerprint density at radius 1 is 1.14 bits per heavy atom. The summed E-state index contributed by atoms with van der Waals surface area (Å²) >= 11 is 0. The Kier molecular flexibility index (Phi) is 9.65. The summed E-state index contributed by atoms with van der Waals surface area (Å²) in [5.41, 5.74) is 0. The zero-order chi connectivity index (χ0) is 25.2. The number of aromatic nitrogens is 1. The third-order valence-corrected chi connectivity index (χ3v) is 6.34. The molecule has 2 aliphatic rings. The molecule has 3 unspecified atom stereocenters. The van der Waals surface area contributed by atoms with Crippen molar-refractivity contribution in [2.24, 2.45) is 5.92 Å². The third-order valence-electron chi connectivity index (χ3n) is 6.34. The van der Waals surface area contributed by atoms with Crippen LogP contribution in [-0.4, -0.2) is 88.4 Å². The molecule has 0 radical (unpaired) electrons. The van der Waals surface area contributed by atoms with Crippen LogP contribution in [0.1, 0.15) is 38.5 Å². The van der Waals surface area contributed by atoms with Gasteiger partial charge in [0.2, 0.25) is 11.8 Å². The number of nitrogens with zero attached hydrogens (tertiary/aromatic N) is 2. The molecule has 1 aliphatic carbocycles. The standard InChI is InChI=1S/C23H33N5O7/c29-20(9-15-5-1-2-6-15)27-18(22(31)32)12-26-21(30)14-35-17-10-16(28(13-17)23(33)34)11-25-19-7-3-4-8-24-19/h3-4,7-8,15-18H,1-2,5-6,9-14H2,(H,24,25)(H,26,30)(H,27,29)(H,31,32)(H,33,34). The molecule has 1 saturated carbocycles. The first-order valence-corrected chi connectivity index (χ1v) is 11.9. The van der Waals surface area contributed by atoms with Crippen LogP contribution in [0, 0.1) is 5.92 Å². The van der Waals surface area contributed by atoms with Crippen molar-refractivity contribution in [3.63, 3.8) is 0 Å². The maximum Gasteiger partial charge on any atom is 0.407 e. The lowest BCUT2D eigenvalue weighted by atomic mass is 10.0. The van der Waals surface area contributed by atoms with Crippen LogP contribution in [0.4, 0.5) is 10.6 Å². The molecule has 1 aliphatic heterocycles. The largest absolute Gasteiger partial charge is 0.480 e. The summed E-state index contributed by atoms with van der Waals surface area (Å²) in [6, 6.07) is 3.79. The lowest BCUT2D eigenvalue weighted by Crippen LogP contribution is -2.49. The number of carbonyl (C=O) groups excluding carboxylic acids is 2. The Bertz CT molecular complexity index is 878. The molecule has 12 heteroatoms. The molecule has 5 N–H and O–H groups in total. The van der Waals surface area contributed by atoms with E-state index < -0.39 is 30.1 Å². The number of aliphatic carboxylic acids is 1. The Hall–Kier alpha value is -3.41. The van der Waals surface area contributed by atoms with Crippen LogP contribution in [0.5, 0.6) is 0 Å². The van der Waals surface area contributed by atoms with Crippen molar-refractivity contribution in [1.82, 2.24) is 20.5 Å². The molecular formula is C23H33N5O7. The van der Waals surface area contributed by atoms with Crippen LogP contribution in [0.15, 0.2) is 24.4 Å². The highest BCUT2D eigenvalue weighted by molar-refractivity contribution is 5.85. The van der Waals surface area contributed by atoms with Gasteiger partial charge in [-0.1, -0.05) is 18.9 Å². The fraction of sp³-hybridized carbons (Fsp3) is 0.609. The average molecular weight is 492 g/mol. The van der Waals surface area contributed by atoms with Gasteiger partial charge in [0.15, 0.2) is 0 Å². The molecule has 3 rings (SSSR count). The minimum atomic E-state index is -1.23. The third kappa shape index (κ3) is 8.39. The number of pyridine rings is 1. The second-order valence-electron chi connectivity index (χ2n) is 8.97. The predicted octanol–water partition coefficient (Wildman–Crippen LogP) is 0.897. The summed E-state index contributed by atoms with van der Waals surface area (Å²) in [5, 5.41) is 26.9. The van der Waals surface area contributed by atoms with Crippen molar-refractivity contribution in [3.05, 3.63) is 24.4 Å². The first-order chi connectivity index (χ1) is 16.8. The molecule has 3 amide bonds. The Morgan fingerprint density at radius 2 is 1.91 bits per heavy atom. The van der Waals surface area contributed by atoms with Gasteiger partial charge in [-0.3, -0.25) is 9.59 Å². The molecule has 0 bridgehead atoms. The van der Waals surface area contributed by atoms with E-state index in [0.29, 0.717) is 25.2 Å². The maximum absolute atomic E-state index is 12.2. The molecule has 0 spiro atoms. The Labute approximate surface area is 203 Å².